The number of hydrogen-bond donors (Lipinski definition) is 1. The minimum absolute atomic E-state index is 0. The van der Waals surface area contributed by atoms with E-state index in [1.165, 1.54) is 0 Å². The number of halogens is 2. The van der Waals surface area contributed by atoms with Crippen molar-refractivity contribution in [2.75, 3.05) is 39.3 Å². The van der Waals surface area contributed by atoms with E-state index in [0.29, 0.717) is 24.0 Å². The van der Waals surface area contributed by atoms with E-state index in [2.05, 4.69) is 26.1 Å². The number of benzene rings is 1. The van der Waals surface area contributed by atoms with Crippen LogP contribution in [0.25, 0.3) is 0 Å². The molecule has 0 aliphatic carbocycles. The number of aryl methyl sites for hydroxylation is 1. The summed E-state index contributed by atoms with van der Waals surface area (Å²) in [6.45, 7) is 7.14. The lowest BCUT2D eigenvalue weighted by molar-refractivity contribution is 0.179. The highest BCUT2D eigenvalue weighted by Gasteiger charge is 2.35. The van der Waals surface area contributed by atoms with E-state index in [9.17, 15) is 8.42 Å². The van der Waals surface area contributed by atoms with Crippen LogP contribution >= 0.6 is 28.3 Å². The Kier molecular flexibility index (Phi) is 6.49. The maximum atomic E-state index is 12.8. The molecule has 2 heterocycles. The molecule has 1 aromatic rings. The largest absolute Gasteiger partial charge is 0.314 e. The van der Waals surface area contributed by atoms with Crippen LogP contribution in [0.5, 0.6) is 0 Å². The number of sulfonamides is 1. The van der Waals surface area contributed by atoms with Gasteiger partial charge in [0.1, 0.15) is 0 Å². The summed E-state index contributed by atoms with van der Waals surface area (Å²) in [5, 5.41) is 3.34. The van der Waals surface area contributed by atoms with E-state index in [1.54, 1.807) is 16.4 Å². The van der Waals surface area contributed by atoms with Gasteiger partial charge in [-0.05, 0) is 37.1 Å². The number of nitrogens with zero attached hydrogens (tertiary/aromatic N) is 2. The second-order valence-electron chi connectivity index (χ2n) is 6.06. The zero-order chi connectivity index (χ0) is 15.7. The highest BCUT2D eigenvalue weighted by Crippen LogP contribution is 2.26. The number of rotatable bonds is 3. The predicted octanol–water partition coefficient (Wildman–Crippen LogP) is 1.85. The molecule has 0 amide bonds. The fraction of sp³-hybridized carbons (Fsp3) is 0.600. The monoisotopic (exact) mass is 423 g/mol. The Balaban J connectivity index is 0.00000192. The van der Waals surface area contributed by atoms with Gasteiger partial charge in [-0.2, -0.15) is 4.31 Å². The van der Waals surface area contributed by atoms with Gasteiger partial charge in [0, 0.05) is 49.8 Å². The molecular formula is C15H23BrClN3O2S. The van der Waals surface area contributed by atoms with Crippen LogP contribution < -0.4 is 5.32 Å². The van der Waals surface area contributed by atoms with Crippen molar-refractivity contribution in [3.8, 4) is 0 Å². The summed E-state index contributed by atoms with van der Waals surface area (Å²) in [6.07, 6.45) is 0.923. The number of hydrogen-bond acceptors (Lipinski definition) is 4. The van der Waals surface area contributed by atoms with E-state index in [0.717, 1.165) is 42.6 Å². The first-order valence-electron chi connectivity index (χ1n) is 7.69. The molecule has 0 bridgehead atoms. The van der Waals surface area contributed by atoms with Crippen molar-refractivity contribution in [1.29, 1.82) is 0 Å². The first kappa shape index (κ1) is 19.1. The van der Waals surface area contributed by atoms with Gasteiger partial charge in [-0.3, -0.25) is 4.90 Å². The summed E-state index contributed by atoms with van der Waals surface area (Å²) in [4.78, 5) is 2.80. The zero-order valence-corrected chi connectivity index (χ0v) is 16.4. The lowest BCUT2D eigenvalue weighted by Crippen LogP contribution is -2.49. The van der Waals surface area contributed by atoms with Crippen LogP contribution in [0.2, 0.25) is 0 Å². The Hall–Kier alpha value is -0.180. The minimum Gasteiger partial charge on any atom is -0.314 e. The molecule has 2 fully saturated rings. The minimum atomic E-state index is -3.39. The van der Waals surface area contributed by atoms with Crippen molar-refractivity contribution < 1.29 is 8.42 Å². The third kappa shape index (κ3) is 4.27. The second-order valence-corrected chi connectivity index (χ2v) is 8.91. The van der Waals surface area contributed by atoms with Crippen molar-refractivity contribution in [2.24, 2.45) is 0 Å². The van der Waals surface area contributed by atoms with Crippen LogP contribution in [-0.4, -0.2) is 62.9 Å². The molecular weight excluding hydrogens is 402 g/mol. The lowest BCUT2D eigenvalue weighted by Gasteiger charge is -2.32. The van der Waals surface area contributed by atoms with E-state index >= 15 is 0 Å². The molecule has 1 N–H and O–H groups in total. The molecule has 1 aromatic carbocycles. The molecule has 2 aliphatic rings. The number of piperazine rings is 1. The first-order valence-corrected chi connectivity index (χ1v) is 9.92. The molecule has 0 radical (unpaired) electrons. The van der Waals surface area contributed by atoms with Crippen LogP contribution in [0.4, 0.5) is 0 Å². The average molecular weight is 425 g/mol. The molecule has 0 saturated carbocycles. The molecule has 2 aliphatic heterocycles. The summed E-state index contributed by atoms with van der Waals surface area (Å²) in [7, 11) is -3.39. The van der Waals surface area contributed by atoms with Gasteiger partial charge in [-0.25, -0.2) is 8.42 Å². The van der Waals surface area contributed by atoms with E-state index in [4.69, 9.17) is 0 Å². The fourth-order valence-corrected chi connectivity index (χ4v) is 5.66. The third-order valence-corrected chi connectivity index (χ3v) is 6.75. The normalized spacial score (nSPS) is 23.7. The summed E-state index contributed by atoms with van der Waals surface area (Å²) in [5.41, 5.74) is 0.950. The topological polar surface area (TPSA) is 52.7 Å². The standard InChI is InChI=1S/C15H22BrN3O2S.ClH/c1-12-8-13(16)10-15(9-12)22(20,21)19-5-2-14(11-19)18-6-3-17-4-7-18;/h8-10,14,17H,2-7,11H2,1H3;1H. The number of nitrogens with one attached hydrogen (secondary N) is 1. The van der Waals surface area contributed by atoms with Crippen molar-refractivity contribution in [2.45, 2.75) is 24.3 Å². The SMILES string of the molecule is Cc1cc(Br)cc(S(=O)(=O)N2CCC(N3CCNCC3)C2)c1.Cl. The molecule has 2 saturated heterocycles. The Morgan fingerprint density at radius 2 is 1.87 bits per heavy atom. The Morgan fingerprint density at radius 1 is 1.17 bits per heavy atom. The van der Waals surface area contributed by atoms with Gasteiger partial charge >= 0.3 is 0 Å². The third-order valence-electron chi connectivity index (χ3n) is 4.45. The molecule has 3 rings (SSSR count). The maximum absolute atomic E-state index is 12.8. The molecule has 23 heavy (non-hydrogen) atoms. The van der Waals surface area contributed by atoms with Crippen LogP contribution in [0.15, 0.2) is 27.6 Å². The highest BCUT2D eigenvalue weighted by molar-refractivity contribution is 9.10. The van der Waals surface area contributed by atoms with Crippen molar-refractivity contribution in [1.82, 2.24) is 14.5 Å². The zero-order valence-electron chi connectivity index (χ0n) is 13.2. The highest BCUT2D eigenvalue weighted by atomic mass is 79.9. The second kappa shape index (κ2) is 7.80. The van der Waals surface area contributed by atoms with Gasteiger partial charge in [0.2, 0.25) is 10.0 Å². The van der Waals surface area contributed by atoms with Crippen molar-refractivity contribution in [3.63, 3.8) is 0 Å². The molecule has 0 spiro atoms. The Bertz CT molecular complexity index is 630. The van der Waals surface area contributed by atoms with Crippen LogP contribution in [0.1, 0.15) is 12.0 Å². The van der Waals surface area contributed by atoms with E-state index in [1.807, 2.05) is 13.0 Å². The summed E-state index contributed by atoms with van der Waals surface area (Å²) < 4.78 is 28.1. The van der Waals surface area contributed by atoms with Crippen molar-refractivity contribution >= 4 is 38.4 Å². The molecule has 1 atom stereocenters. The van der Waals surface area contributed by atoms with Gasteiger partial charge in [-0.15, -0.1) is 12.4 Å². The Labute approximate surface area is 153 Å². The van der Waals surface area contributed by atoms with Gasteiger partial charge < -0.3 is 5.32 Å². The molecule has 0 aromatic heterocycles. The van der Waals surface area contributed by atoms with E-state index in [-0.39, 0.29) is 12.4 Å². The fourth-order valence-electron chi connectivity index (χ4n) is 3.28. The molecule has 8 heteroatoms. The molecule has 5 nitrogen and oxygen atoms in total. The van der Waals surface area contributed by atoms with E-state index < -0.39 is 10.0 Å². The van der Waals surface area contributed by atoms with Crippen molar-refractivity contribution in [3.05, 3.63) is 28.2 Å². The predicted molar refractivity (Wildman–Crippen MR) is 97.7 cm³/mol. The maximum Gasteiger partial charge on any atom is 0.243 e. The molecule has 130 valence electrons. The lowest BCUT2D eigenvalue weighted by atomic mass is 10.2. The first-order chi connectivity index (χ1) is 10.5. The van der Waals surface area contributed by atoms with Gasteiger partial charge in [0.15, 0.2) is 0 Å². The summed E-state index contributed by atoms with van der Waals surface area (Å²) >= 11 is 3.39. The quantitative estimate of drug-likeness (QED) is 0.804. The van der Waals surface area contributed by atoms with Gasteiger partial charge in [0.25, 0.3) is 0 Å². The van der Waals surface area contributed by atoms with Crippen LogP contribution in [0.3, 0.4) is 0 Å². The van der Waals surface area contributed by atoms with Gasteiger partial charge in [0.05, 0.1) is 4.90 Å². The smallest absolute Gasteiger partial charge is 0.243 e. The van der Waals surface area contributed by atoms with Crippen LogP contribution in [-0.2, 0) is 10.0 Å². The molecule has 1 unspecified atom stereocenters. The summed E-state index contributed by atoms with van der Waals surface area (Å²) in [6, 6.07) is 5.72. The van der Waals surface area contributed by atoms with Crippen LogP contribution in [0, 0.1) is 6.92 Å². The van der Waals surface area contributed by atoms with Gasteiger partial charge in [-0.1, -0.05) is 15.9 Å². The average Bonchev–Trinajstić information content (AvgIpc) is 2.98. The summed E-state index contributed by atoms with van der Waals surface area (Å²) in [5.74, 6) is 0. The Morgan fingerprint density at radius 3 is 2.52 bits per heavy atom.